The zero-order valence-electron chi connectivity index (χ0n) is 7.25. The summed E-state index contributed by atoms with van der Waals surface area (Å²) in [5.41, 5.74) is 1.25. The summed E-state index contributed by atoms with van der Waals surface area (Å²) in [6, 6.07) is 10.5. The summed E-state index contributed by atoms with van der Waals surface area (Å²) >= 11 is 0. The molecule has 1 heteroatoms. The Labute approximate surface area is 73.8 Å². The van der Waals surface area contributed by atoms with Crippen molar-refractivity contribution in [2.24, 2.45) is 0 Å². The highest BCUT2D eigenvalue weighted by atomic mass is 14.9. The normalized spacial score (nSPS) is 12.0. The molecule has 1 aromatic carbocycles. The first kappa shape index (κ1) is 8.83. The molecule has 1 nitrogen and oxygen atoms in total. The van der Waals surface area contributed by atoms with Gasteiger partial charge in [-0.15, -0.1) is 12.3 Å². The van der Waals surface area contributed by atoms with E-state index >= 15 is 0 Å². The zero-order chi connectivity index (χ0) is 8.81. The highest BCUT2D eigenvalue weighted by molar-refractivity contribution is 5.20. The van der Waals surface area contributed by atoms with Crippen molar-refractivity contribution >= 4 is 0 Å². The minimum atomic E-state index is 0.288. The Bertz CT molecular complexity index is 258. The van der Waals surface area contributed by atoms with Crippen LogP contribution in [0.15, 0.2) is 30.3 Å². The second-order valence-electron chi connectivity index (χ2n) is 2.66. The van der Waals surface area contributed by atoms with Gasteiger partial charge in [0.15, 0.2) is 0 Å². The molecule has 1 aromatic rings. The van der Waals surface area contributed by atoms with Gasteiger partial charge in [0.05, 0.1) is 0 Å². The summed E-state index contributed by atoms with van der Waals surface area (Å²) in [7, 11) is 1.93. The molecular formula is C11H13N. The molecule has 0 saturated carbocycles. The van der Waals surface area contributed by atoms with E-state index in [2.05, 4.69) is 23.4 Å². The minimum absolute atomic E-state index is 0.288. The molecule has 0 unspecified atom stereocenters. The van der Waals surface area contributed by atoms with Gasteiger partial charge in [0.1, 0.15) is 0 Å². The quantitative estimate of drug-likeness (QED) is 0.665. The van der Waals surface area contributed by atoms with Crippen molar-refractivity contribution in [3.05, 3.63) is 35.9 Å². The van der Waals surface area contributed by atoms with Crippen LogP contribution in [-0.2, 0) is 0 Å². The van der Waals surface area contributed by atoms with Gasteiger partial charge in [0.25, 0.3) is 0 Å². The lowest BCUT2D eigenvalue weighted by Crippen LogP contribution is -2.15. The third-order valence-electron chi connectivity index (χ3n) is 1.87. The van der Waals surface area contributed by atoms with Crippen molar-refractivity contribution in [3.63, 3.8) is 0 Å². The first-order valence-electron chi connectivity index (χ1n) is 4.04. The highest BCUT2D eigenvalue weighted by Crippen LogP contribution is 2.14. The molecule has 0 amide bonds. The van der Waals surface area contributed by atoms with Gasteiger partial charge in [-0.05, 0) is 12.6 Å². The van der Waals surface area contributed by atoms with Crippen LogP contribution in [0.2, 0.25) is 0 Å². The van der Waals surface area contributed by atoms with Crippen LogP contribution in [0.1, 0.15) is 18.0 Å². The Morgan fingerprint density at radius 1 is 1.42 bits per heavy atom. The molecule has 0 aliphatic rings. The molecule has 1 atom stereocenters. The molecule has 1 N–H and O–H groups in total. The van der Waals surface area contributed by atoms with Crippen LogP contribution in [0.4, 0.5) is 0 Å². The number of benzene rings is 1. The molecular weight excluding hydrogens is 146 g/mol. The summed E-state index contributed by atoms with van der Waals surface area (Å²) < 4.78 is 0. The fourth-order valence-electron chi connectivity index (χ4n) is 1.19. The van der Waals surface area contributed by atoms with Gasteiger partial charge < -0.3 is 5.32 Å². The van der Waals surface area contributed by atoms with E-state index in [1.807, 2.05) is 25.2 Å². The first-order valence-corrected chi connectivity index (χ1v) is 4.04. The average Bonchev–Trinajstić information content (AvgIpc) is 2.15. The molecule has 0 heterocycles. The third-order valence-corrected chi connectivity index (χ3v) is 1.87. The smallest absolute Gasteiger partial charge is 0.0428 e. The lowest BCUT2D eigenvalue weighted by atomic mass is 10.0. The topological polar surface area (TPSA) is 12.0 Å². The fourth-order valence-corrected chi connectivity index (χ4v) is 1.19. The van der Waals surface area contributed by atoms with Crippen molar-refractivity contribution in [3.8, 4) is 12.3 Å². The van der Waals surface area contributed by atoms with Crippen molar-refractivity contribution in [2.45, 2.75) is 12.5 Å². The molecule has 12 heavy (non-hydrogen) atoms. The summed E-state index contributed by atoms with van der Waals surface area (Å²) in [5, 5.41) is 3.18. The van der Waals surface area contributed by atoms with E-state index in [1.54, 1.807) is 0 Å². The second kappa shape index (κ2) is 4.58. The summed E-state index contributed by atoms with van der Waals surface area (Å²) in [6.45, 7) is 0. The number of hydrogen-bond acceptors (Lipinski definition) is 1. The van der Waals surface area contributed by atoms with Crippen LogP contribution in [0, 0.1) is 12.3 Å². The largest absolute Gasteiger partial charge is 0.312 e. The predicted octanol–water partition coefficient (Wildman–Crippen LogP) is 1.97. The van der Waals surface area contributed by atoms with Crippen LogP contribution >= 0.6 is 0 Å². The number of rotatable bonds is 3. The molecule has 1 rings (SSSR count). The summed E-state index contributed by atoms with van der Waals surface area (Å²) in [5.74, 6) is 2.65. The van der Waals surface area contributed by atoms with Gasteiger partial charge in [0, 0.05) is 12.5 Å². The summed E-state index contributed by atoms with van der Waals surface area (Å²) in [4.78, 5) is 0. The van der Waals surface area contributed by atoms with Crippen molar-refractivity contribution in [1.82, 2.24) is 5.32 Å². The monoisotopic (exact) mass is 159 g/mol. The standard InChI is InChI=1S/C11H13N/c1-3-7-11(12-2)10-8-5-4-6-9-10/h1,4-6,8-9,11-12H,7H2,2H3/t11-/m1/s1. The lowest BCUT2D eigenvalue weighted by Gasteiger charge is -2.12. The highest BCUT2D eigenvalue weighted by Gasteiger charge is 2.04. The van der Waals surface area contributed by atoms with Gasteiger partial charge in [-0.2, -0.15) is 0 Å². The molecule has 0 radical (unpaired) electrons. The predicted molar refractivity (Wildman–Crippen MR) is 51.7 cm³/mol. The van der Waals surface area contributed by atoms with Gasteiger partial charge in [-0.3, -0.25) is 0 Å². The van der Waals surface area contributed by atoms with Gasteiger partial charge >= 0.3 is 0 Å². The Balaban J connectivity index is 2.75. The Hall–Kier alpha value is -1.26. The second-order valence-corrected chi connectivity index (χ2v) is 2.66. The van der Waals surface area contributed by atoms with Crippen LogP contribution < -0.4 is 5.32 Å². The van der Waals surface area contributed by atoms with E-state index in [0.717, 1.165) is 6.42 Å². The van der Waals surface area contributed by atoms with Gasteiger partial charge in [-0.1, -0.05) is 30.3 Å². The minimum Gasteiger partial charge on any atom is -0.312 e. The zero-order valence-corrected chi connectivity index (χ0v) is 7.25. The Morgan fingerprint density at radius 3 is 2.58 bits per heavy atom. The van der Waals surface area contributed by atoms with Crippen LogP contribution in [-0.4, -0.2) is 7.05 Å². The van der Waals surface area contributed by atoms with E-state index in [-0.39, 0.29) is 6.04 Å². The Kier molecular flexibility index (Phi) is 3.37. The van der Waals surface area contributed by atoms with E-state index in [4.69, 9.17) is 6.42 Å². The molecule has 0 fully saturated rings. The maximum atomic E-state index is 5.25. The molecule has 0 saturated heterocycles. The van der Waals surface area contributed by atoms with Gasteiger partial charge in [-0.25, -0.2) is 0 Å². The van der Waals surface area contributed by atoms with E-state index in [9.17, 15) is 0 Å². The molecule has 0 aliphatic heterocycles. The van der Waals surface area contributed by atoms with Crippen LogP contribution in [0.3, 0.4) is 0 Å². The average molecular weight is 159 g/mol. The first-order chi connectivity index (χ1) is 5.88. The Morgan fingerprint density at radius 2 is 2.08 bits per heavy atom. The maximum absolute atomic E-state index is 5.25. The molecule has 0 aliphatic carbocycles. The number of terminal acetylenes is 1. The SMILES string of the molecule is C#CC[C@@H](NC)c1ccccc1. The van der Waals surface area contributed by atoms with Crippen LogP contribution in [0.25, 0.3) is 0 Å². The van der Waals surface area contributed by atoms with E-state index in [1.165, 1.54) is 5.56 Å². The van der Waals surface area contributed by atoms with Crippen molar-refractivity contribution in [1.29, 1.82) is 0 Å². The molecule has 62 valence electrons. The number of hydrogen-bond donors (Lipinski definition) is 1. The molecule has 0 spiro atoms. The number of nitrogens with one attached hydrogen (secondary N) is 1. The fraction of sp³-hybridized carbons (Fsp3) is 0.273. The van der Waals surface area contributed by atoms with Crippen molar-refractivity contribution in [2.75, 3.05) is 7.05 Å². The maximum Gasteiger partial charge on any atom is 0.0428 e. The lowest BCUT2D eigenvalue weighted by molar-refractivity contribution is 0.611. The summed E-state index contributed by atoms with van der Waals surface area (Å²) in [6.07, 6.45) is 5.99. The van der Waals surface area contributed by atoms with Gasteiger partial charge in [0.2, 0.25) is 0 Å². The molecule has 0 bridgehead atoms. The van der Waals surface area contributed by atoms with E-state index < -0.39 is 0 Å². The van der Waals surface area contributed by atoms with E-state index in [0.29, 0.717) is 0 Å². The third kappa shape index (κ3) is 2.11. The van der Waals surface area contributed by atoms with Crippen LogP contribution in [0.5, 0.6) is 0 Å². The molecule has 0 aromatic heterocycles. The van der Waals surface area contributed by atoms with Crippen molar-refractivity contribution < 1.29 is 0 Å².